The number of nitrogens with zero attached hydrogens (tertiary/aromatic N) is 1. The normalized spacial score (nSPS) is 10.8. The average molecular weight is 233 g/mol. The van der Waals surface area contributed by atoms with Gasteiger partial charge in [0.2, 0.25) is 0 Å². The molecule has 4 heteroatoms. The number of hydrogen-bond acceptors (Lipinski definition) is 2. The van der Waals surface area contributed by atoms with Crippen LogP contribution in [0.3, 0.4) is 0 Å². The zero-order valence-corrected chi connectivity index (χ0v) is 10.2. The Morgan fingerprint density at radius 2 is 2.18 bits per heavy atom. The van der Waals surface area contributed by atoms with Gasteiger partial charge < -0.3 is 14.4 Å². The minimum atomic E-state index is -0.900. The van der Waals surface area contributed by atoms with Gasteiger partial charge in [-0.15, -0.1) is 0 Å². The highest BCUT2D eigenvalue weighted by molar-refractivity contribution is 6.00. The number of aromatic carboxylic acids is 1. The lowest BCUT2D eigenvalue weighted by Crippen LogP contribution is -2.08. The molecule has 17 heavy (non-hydrogen) atoms. The van der Waals surface area contributed by atoms with Crippen molar-refractivity contribution in [3.05, 3.63) is 29.5 Å². The Morgan fingerprint density at radius 1 is 1.47 bits per heavy atom. The van der Waals surface area contributed by atoms with E-state index < -0.39 is 5.97 Å². The first-order valence-corrected chi connectivity index (χ1v) is 5.50. The number of aromatic nitrogens is 1. The van der Waals surface area contributed by atoms with E-state index in [4.69, 9.17) is 4.74 Å². The third kappa shape index (κ3) is 1.56. The summed E-state index contributed by atoms with van der Waals surface area (Å²) in [6.45, 7) is 4.36. The zero-order valence-electron chi connectivity index (χ0n) is 10.2. The third-order valence-corrected chi connectivity index (χ3v) is 3.04. The van der Waals surface area contributed by atoms with E-state index in [0.717, 1.165) is 16.5 Å². The van der Waals surface area contributed by atoms with Crippen LogP contribution in [0.2, 0.25) is 0 Å². The largest absolute Gasteiger partial charge is 0.495 e. The highest BCUT2D eigenvalue weighted by Crippen LogP contribution is 2.32. The van der Waals surface area contributed by atoms with Crippen molar-refractivity contribution in [2.75, 3.05) is 7.11 Å². The van der Waals surface area contributed by atoms with Gasteiger partial charge in [-0.25, -0.2) is 4.79 Å². The molecule has 0 bridgehead atoms. The third-order valence-electron chi connectivity index (χ3n) is 3.04. The van der Waals surface area contributed by atoms with E-state index in [-0.39, 0.29) is 0 Å². The molecule has 1 heterocycles. The van der Waals surface area contributed by atoms with Crippen LogP contribution in [0, 0.1) is 6.92 Å². The predicted molar refractivity (Wildman–Crippen MR) is 65.9 cm³/mol. The van der Waals surface area contributed by atoms with Crippen LogP contribution < -0.4 is 4.74 Å². The summed E-state index contributed by atoms with van der Waals surface area (Å²) in [4.78, 5) is 11.3. The molecule has 90 valence electrons. The van der Waals surface area contributed by atoms with Crippen LogP contribution in [0.5, 0.6) is 5.75 Å². The predicted octanol–water partition coefficient (Wildman–Crippen LogP) is 2.68. The van der Waals surface area contributed by atoms with Gasteiger partial charge in [0.25, 0.3) is 0 Å². The standard InChI is InChI=1S/C13H15NO3/c1-4-14-11(13(15)16)8(2)9-6-5-7-10(17-3)12(9)14/h5-7H,4H2,1-3H3,(H,15,16). The Labute approximate surface area is 99.4 Å². The van der Waals surface area contributed by atoms with Crippen molar-refractivity contribution in [3.63, 3.8) is 0 Å². The molecule has 0 unspecified atom stereocenters. The van der Waals surface area contributed by atoms with Crippen LogP contribution in [0.1, 0.15) is 23.0 Å². The van der Waals surface area contributed by atoms with Crippen LogP contribution in [-0.2, 0) is 6.54 Å². The summed E-state index contributed by atoms with van der Waals surface area (Å²) >= 11 is 0. The molecule has 2 rings (SSSR count). The number of rotatable bonds is 3. The van der Waals surface area contributed by atoms with Gasteiger partial charge in [-0.1, -0.05) is 12.1 Å². The van der Waals surface area contributed by atoms with Gasteiger partial charge in [0, 0.05) is 11.9 Å². The number of methoxy groups -OCH3 is 1. The first-order valence-electron chi connectivity index (χ1n) is 5.50. The molecule has 0 aliphatic rings. The summed E-state index contributed by atoms with van der Waals surface area (Å²) in [5, 5.41) is 10.2. The number of carboxylic acids is 1. The maximum absolute atomic E-state index is 11.3. The maximum Gasteiger partial charge on any atom is 0.352 e. The summed E-state index contributed by atoms with van der Waals surface area (Å²) in [5.41, 5.74) is 1.98. The Bertz CT molecular complexity index is 584. The van der Waals surface area contributed by atoms with Crippen molar-refractivity contribution in [2.45, 2.75) is 20.4 Å². The molecule has 4 nitrogen and oxygen atoms in total. The van der Waals surface area contributed by atoms with E-state index >= 15 is 0 Å². The second-order valence-electron chi connectivity index (χ2n) is 3.88. The molecule has 0 atom stereocenters. The van der Waals surface area contributed by atoms with Crippen molar-refractivity contribution in [1.29, 1.82) is 0 Å². The van der Waals surface area contributed by atoms with Crippen molar-refractivity contribution in [3.8, 4) is 5.75 Å². The summed E-state index contributed by atoms with van der Waals surface area (Å²) in [7, 11) is 1.59. The zero-order chi connectivity index (χ0) is 12.6. The molecule has 1 N–H and O–H groups in total. The lowest BCUT2D eigenvalue weighted by atomic mass is 10.1. The van der Waals surface area contributed by atoms with Crippen LogP contribution >= 0.6 is 0 Å². The van der Waals surface area contributed by atoms with Gasteiger partial charge >= 0.3 is 5.97 Å². The summed E-state index contributed by atoms with van der Waals surface area (Å²) in [5.74, 6) is -0.192. The number of aryl methyl sites for hydroxylation is 2. The van der Waals surface area contributed by atoms with Crippen molar-refractivity contribution >= 4 is 16.9 Å². The number of hydrogen-bond donors (Lipinski definition) is 1. The maximum atomic E-state index is 11.3. The first kappa shape index (κ1) is 11.5. The minimum Gasteiger partial charge on any atom is -0.495 e. The first-order chi connectivity index (χ1) is 8.11. The molecule has 0 radical (unpaired) electrons. The Balaban J connectivity index is 2.94. The van der Waals surface area contributed by atoms with E-state index in [0.29, 0.717) is 18.0 Å². The smallest absolute Gasteiger partial charge is 0.352 e. The van der Waals surface area contributed by atoms with Crippen LogP contribution in [0.15, 0.2) is 18.2 Å². The van der Waals surface area contributed by atoms with Crippen molar-refractivity contribution in [2.24, 2.45) is 0 Å². The van der Waals surface area contributed by atoms with E-state index in [2.05, 4.69) is 0 Å². The molecule has 0 amide bonds. The average Bonchev–Trinajstić information content (AvgIpc) is 2.62. The molecule has 0 aliphatic heterocycles. The fraction of sp³-hybridized carbons (Fsp3) is 0.308. The quantitative estimate of drug-likeness (QED) is 0.886. The summed E-state index contributed by atoms with van der Waals surface area (Å²) in [6, 6.07) is 5.64. The number of para-hydroxylation sites is 1. The number of ether oxygens (including phenoxy) is 1. The molecule has 2 aromatic rings. The van der Waals surface area contributed by atoms with E-state index in [1.54, 1.807) is 11.7 Å². The van der Waals surface area contributed by atoms with Gasteiger partial charge in [0.1, 0.15) is 11.4 Å². The number of carbonyl (C=O) groups is 1. The molecule has 0 fully saturated rings. The molecule has 0 saturated heterocycles. The lowest BCUT2D eigenvalue weighted by molar-refractivity contribution is 0.0685. The Hall–Kier alpha value is -1.97. The van der Waals surface area contributed by atoms with Gasteiger partial charge in [-0.2, -0.15) is 0 Å². The van der Waals surface area contributed by atoms with Crippen LogP contribution in [-0.4, -0.2) is 22.8 Å². The summed E-state index contributed by atoms with van der Waals surface area (Å²) in [6.07, 6.45) is 0. The second-order valence-corrected chi connectivity index (χ2v) is 3.88. The molecular weight excluding hydrogens is 218 g/mol. The molecule has 0 aliphatic carbocycles. The highest BCUT2D eigenvalue weighted by atomic mass is 16.5. The number of carboxylic acid groups (broad SMARTS) is 1. The van der Waals surface area contributed by atoms with Gasteiger partial charge in [-0.05, 0) is 25.5 Å². The Kier molecular flexibility index (Phi) is 2.79. The number of fused-ring (bicyclic) bond motifs is 1. The van der Waals surface area contributed by atoms with Gasteiger partial charge in [-0.3, -0.25) is 0 Å². The molecule has 1 aromatic carbocycles. The molecule has 0 spiro atoms. The molecular formula is C13H15NO3. The van der Waals surface area contributed by atoms with Gasteiger partial charge in [0.15, 0.2) is 0 Å². The SMILES string of the molecule is CCn1c(C(=O)O)c(C)c2cccc(OC)c21. The van der Waals surface area contributed by atoms with E-state index in [1.807, 2.05) is 32.0 Å². The van der Waals surface area contributed by atoms with E-state index in [1.165, 1.54) is 0 Å². The number of benzene rings is 1. The Morgan fingerprint density at radius 3 is 2.71 bits per heavy atom. The van der Waals surface area contributed by atoms with Crippen LogP contribution in [0.4, 0.5) is 0 Å². The lowest BCUT2D eigenvalue weighted by Gasteiger charge is -2.07. The summed E-state index contributed by atoms with van der Waals surface area (Å²) < 4.78 is 7.09. The highest BCUT2D eigenvalue weighted by Gasteiger charge is 2.20. The topological polar surface area (TPSA) is 51.5 Å². The second kappa shape index (κ2) is 4.13. The monoisotopic (exact) mass is 233 g/mol. The van der Waals surface area contributed by atoms with E-state index in [9.17, 15) is 9.90 Å². The fourth-order valence-corrected chi connectivity index (χ4v) is 2.30. The van der Waals surface area contributed by atoms with Crippen LogP contribution in [0.25, 0.3) is 10.9 Å². The minimum absolute atomic E-state index is 0.340. The van der Waals surface area contributed by atoms with Crippen molar-refractivity contribution in [1.82, 2.24) is 4.57 Å². The molecule has 0 saturated carbocycles. The van der Waals surface area contributed by atoms with Gasteiger partial charge in [0.05, 0.1) is 12.6 Å². The molecule has 1 aromatic heterocycles. The van der Waals surface area contributed by atoms with Crippen molar-refractivity contribution < 1.29 is 14.6 Å². The fourth-order valence-electron chi connectivity index (χ4n) is 2.30.